The van der Waals surface area contributed by atoms with E-state index >= 15 is 0 Å². The van der Waals surface area contributed by atoms with Crippen LogP contribution in [0.3, 0.4) is 0 Å². The zero-order chi connectivity index (χ0) is 27.2. The summed E-state index contributed by atoms with van der Waals surface area (Å²) in [5, 5.41) is 9.51. The van der Waals surface area contributed by atoms with Crippen LogP contribution >= 0.6 is 0 Å². The first-order chi connectivity index (χ1) is 19.0. The molecular weight excluding hydrogens is 484 g/mol. The van der Waals surface area contributed by atoms with Crippen LogP contribution in [0, 0.1) is 0 Å². The molecular formula is C34H38N2O3. The summed E-state index contributed by atoms with van der Waals surface area (Å²) in [5.74, 6) is 0. The lowest BCUT2D eigenvalue weighted by atomic mass is 9.98. The molecule has 39 heavy (non-hydrogen) atoms. The van der Waals surface area contributed by atoms with Crippen LogP contribution in [0.4, 0.5) is 0 Å². The van der Waals surface area contributed by atoms with Crippen LogP contribution < -0.4 is 5.73 Å². The van der Waals surface area contributed by atoms with Gasteiger partial charge in [0.05, 0.1) is 18.8 Å². The van der Waals surface area contributed by atoms with Crippen LogP contribution in [-0.4, -0.2) is 29.7 Å². The van der Waals surface area contributed by atoms with E-state index in [-0.39, 0.29) is 24.9 Å². The number of likely N-dealkylation sites (N-methyl/N-ethyl adjacent to an activating group) is 1. The van der Waals surface area contributed by atoms with Crippen molar-refractivity contribution in [3.05, 3.63) is 131 Å². The maximum absolute atomic E-state index is 9.51. The Balaban J connectivity index is 1.41. The number of rotatable bonds is 9. The molecule has 4 aromatic carbocycles. The highest BCUT2D eigenvalue weighted by atomic mass is 16.7. The molecule has 0 radical (unpaired) electrons. The third-order valence-electron chi connectivity index (χ3n) is 7.70. The summed E-state index contributed by atoms with van der Waals surface area (Å²) < 4.78 is 13.2. The second-order valence-corrected chi connectivity index (χ2v) is 10.4. The Hall–Kier alpha value is -3.32. The molecule has 4 atom stereocenters. The van der Waals surface area contributed by atoms with Gasteiger partial charge in [0.1, 0.15) is 0 Å². The predicted molar refractivity (Wildman–Crippen MR) is 156 cm³/mol. The van der Waals surface area contributed by atoms with Crippen molar-refractivity contribution in [3.8, 4) is 11.1 Å². The summed E-state index contributed by atoms with van der Waals surface area (Å²) in [7, 11) is 2.15. The van der Waals surface area contributed by atoms with Crippen LogP contribution in [-0.2, 0) is 22.6 Å². The summed E-state index contributed by atoms with van der Waals surface area (Å²) in [6, 6.07) is 35.6. The number of ether oxygens (including phenoxy) is 2. The van der Waals surface area contributed by atoms with Gasteiger partial charge >= 0.3 is 0 Å². The molecule has 4 aromatic rings. The zero-order valence-electron chi connectivity index (χ0n) is 22.7. The van der Waals surface area contributed by atoms with E-state index in [0.29, 0.717) is 6.54 Å². The quantitative estimate of drug-likeness (QED) is 0.261. The molecule has 0 saturated carbocycles. The van der Waals surface area contributed by atoms with Crippen molar-refractivity contribution in [2.45, 2.75) is 51.0 Å². The first kappa shape index (κ1) is 27.3. The minimum Gasteiger partial charge on any atom is -0.392 e. The van der Waals surface area contributed by atoms with Crippen molar-refractivity contribution >= 4 is 0 Å². The number of hydrogen-bond donors (Lipinski definition) is 2. The Morgan fingerprint density at radius 2 is 1.54 bits per heavy atom. The molecule has 3 N–H and O–H groups in total. The van der Waals surface area contributed by atoms with Gasteiger partial charge in [0.15, 0.2) is 6.29 Å². The fraction of sp³-hybridized carbons (Fsp3) is 0.294. The summed E-state index contributed by atoms with van der Waals surface area (Å²) >= 11 is 0. The largest absolute Gasteiger partial charge is 0.392 e. The number of aliphatic hydroxyl groups excluding tert-OH is 1. The smallest absolute Gasteiger partial charge is 0.184 e. The Kier molecular flexibility index (Phi) is 8.87. The molecule has 0 unspecified atom stereocenters. The van der Waals surface area contributed by atoms with Crippen LogP contribution in [0.15, 0.2) is 103 Å². The van der Waals surface area contributed by atoms with E-state index < -0.39 is 6.29 Å². The van der Waals surface area contributed by atoms with Crippen LogP contribution in [0.5, 0.6) is 0 Å². The van der Waals surface area contributed by atoms with Crippen LogP contribution in [0.25, 0.3) is 11.1 Å². The molecule has 0 amide bonds. The average Bonchev–Trinajstić information content (AvgIpc) is 3.01. The van der Waals surface area contributed by atoms with Gasteiger partial charge in [-0.2, -0.15) is 0 Å². The van der Waals surface area contributed by atoms with Crippen molar-refractivity contribution in [3.63, 3.8) is 0 Å². The molecule has 5 rings (SSSR count). The van der Waals surface area contributed by atoms with Gasteiger partial charge in [-0.25, -0.2) is 0 Å². The van der Waals surface area contributed by atoms with Gasteiger partial charge in [-0.15, -0.1) is 0 Å². The topological polar surface area (TPSA) is 68.0 Å². The summed E-state index contributed by atoms with van der Waals surface area (Å²) in [6.07, 6.45) is 0.112. The normalized spacial score (nSPS) is 20.2. The summed E-state index contributed by atoms with van der Waals surface area (Å²) in [6.45, 7) is 3.55. The van der Waals surface area contributed by atoms with Gasteiger partial charge in [-0.1, -0.05) is 91.0 Å². The lowest BCUT2D eigenvalue weighted by Gasteiger charge is -2.39. The van der Waals surface area contributed by atoms with Crippen molar-refractivity contribution in [2.24, 2.45) is 5.73 Å². The van der Waals surface area contributed by atoms with E-state index in [1.807, 2.05) is 24.3 Å². The van der Waals surface area contributed by atoms with Crippen molar-refractivity contribution < 1.29 is 14.6 Å². The maximum atomic E-state index is 9.51. The Morgan fingerprint density at radius 3 is 2.26 bits per heavy atom. The fourth-order valence-electron chi connectivity index (χ4n) is 5.24. The van der Waals surface area contributed by atoms with E-state index in [1.165, 1.54) is 5.56 Å². The molecule has 1 saturated heterocycles. The summed E-state index contributed by atoms with van der Waals surface area (Å²) in [5.41, 5.74) is 13.5. The SMILES string of the molecule is C[C@@H](c1ccccc1)N(C)C[C@H]1C[C@@H](c2ccc(CO)cc2)O[C@@H](c2cccc(-c3cccc(CN)c3)c2)O1. The molecule has 202 valence electrons. The third-order valence-corrected chi connectivity index (χ3v) is 7.70. The highest BCUT2D eigenvalue weighted by Gasteiger charge is 2.33. The Labute approximate surface area is 231 Å². The van der Waals surface area contributed by atoms with Crippen molar-refractivity contribution in [2.75, 3.05) is 13.6 Å². The molecule has 0 aliphatic carbocycles. The first-order valence-corrected chi connectivity index (χ1v) is 13.7. The van der Waals surface area contributed by atoms with E-state index in [0.717, 1.165) is 46.3 Å². The highest BCUT2D eigenvalue weighted by Crippen LogP contribution is 2.39. The molecule has 0 aromatic heterocycles. The highest BCUT2D eigenvalue weighted by molar-refractivity contribution is 5.65. The maximum Gasteiger partial charge on any atom is 0.184 e. The second kappa shape index (κ2) is 12.7. The number of nitrogens with two attached hydrogens (primary N) is 1. The minimum absolute atomic E-state index is 0.0216. The van der Waals surface area contributed by atoms with E-state index in [1.54, 1.807) is 0 Å². The molecule has 5 heteroatoms. The van der Waals surface area contributed by atoms with Gasteiger partial charge in [-0.3, -0.25) is 4.90 Å². The number of hydrogen-bond acceptors (Lipinski definition) is 5. The van der Waals surface area contributed by atoms with Gasteiger partial charge in [0.2, 0.25) is 0 Å². The Bertz CT molecular complexity index is 1340. The monoisotopic (exact) mass is 522 g/mol. The minimum atomic E-state index is -0.496. The molecule has 1 fully saturated rings. The lowest BCUT2D eigenvalue weighted by molar-refractivity contribution is -0.253. The van der Waals surface area contributed by atoms with Crippen LogP contribution in [0.1, 0.15) is 59.6 Å². The predicted octanol–water partition coefficient (Wildman–Crippen LogP) is 6.54. The van der Waals surface area contributed by atoms with E-state index in [2.05, 4.69) is 97.7 Å². The zero-order valence-corrected chi connectivity index (χ0v) is 22.7. The number of aliphatic hydroxyl groups is 1. The van der Waals surface area contributed by atoms with Gasteiger partial charge in [0.25, 0.3) is 0 Å². The molecule has 1 heterocycles. The molecule has 5 nitrogen and oxygen atoms in total. The van der Waals surface area contributed by atoms with Gasteiger partial charge < -0.3 is 20.3 Å². The van der Waals surface area contributed by atoms with Crippen molar-refractivity contribution in [1.82, 2.24) is 4.90 Å². The number of benzene rings is 4. The lowest BCUT2D eigenvalue weighted by Crippen LogP contribution is -2.38. The second-order valence-electron chi connectivity index (χ2n) is 10.4. The molecule has 0 spiro atoms. The first-order valence-electron chi connectivity index (χ1n) is 13.7. The average molecular weight is 523 g/mol. The Morgan fingerprint density at radius 1 is 0.821 bits per heavy atom. The fourth-order valence-corrected chi connectivity index (χ4v) is 5.24. The number of nitrogens with zero attached hydrogens (tertiary/aromatic N) is 1. The van der Waals surface area contributed by atoms with Crippen molar-refractivity contribution in [1.29, 1.82) is 0 Å². The summed E-state index contributed by atoms with van der Waals surface area (Å²) in [4.78, 5) is 2.35. The van der Waals surface area contributed by atoms with E-state index in [4.69, 9.17) is 15.2 Å². The standard InChI is InChI=1S/C34H38N2O3/c1-24(27-9-4-3-5-10-27)36(2)22-32-20-33(28-16-14-25(23-37)15-17-28)39-34(38-32)31-13-7-12-30(19-31)29-11-6-8-26(18-29)21-35/h3-19,24,32-34,37H,20-23,35H2,1-2H3/t24-,32+,33-,34-/m0/s1. The molecule has 1 aliphatic rings. The van der Waals surface area contributed by atoms with Gasteiger partial charge in [0, 0.05) is 31.1 Å². The third kappa shape index (κ3) is 6.64. The van der Waals surface area contributed by atoms with Gasteiger partial charge in [-0.05, 0) is 59.5 Å². The molecule has 1 aliphatic heterocycles. The molecule has 0 bridgehead atoms. The van der Waals surface area contributed by atoms with Crippen LogP contribution in [0.2, 0.25) is 0 Å². The van der Waals surface area contributed by atoms with E-state index in [9.17, 15) is 5.11 Å².